The Labute approximate surface area is 98.6 Å². The highest BCUT2D eigenvalue weighted by atomic mass is 19.3. The summed E-state index contributed by atoms with van der Waals surface area (Å²) < 4.78 is 31.1. The van der Waals surface area contributed by atoms with Gasteiger partial charge in [-0.05, 0) is 19.3 Å². The van der Waals surface area contributed by atoms with Gasteiger partial charge in [-0.25, -0.2) is 8.78 Å². The van der Waals surface area contributed by atoms with E-state index >= 15 is 0 Å². The van der Waals surface area contributed by atoms with Crippen LogP contribution < -0.4 is 5.73 Å². The van der Waals surface area contributed by atoms with Crippen LogP contribution in [0.1, 0.15) is 62.7 Å². The second-order valence-corrected chi connectivity index (χ2v) is 4.64. The Balaban J connectivity index is 2.01. The largest absolute Gasteiger partial charge is 0.339 e. The van der Waals surface area contributed by atoms with Crippen LogP contribution in [0.4, 0.5) is 8.78 Å². The first-order valence-electron chi connectivity index (χ1n) is 5.99. The maximum atomic E-state index is 13.0. The van der Waals surface area contributed by atoms with E-state index in [1.54, 1.807) is 0 Å². The smallest absolute Gasteiger partial charge is 0.248 e. The van der Waals surface area contributed by atoms with Gasteiger partial charge in [0.25, 0.3) is 0 Å². The van der Waals surface area contributed by atoms with Crippen molar-refractivity contribution in [1.29, 1.82) is 0 Å². The van der Waals surface area contributed by atoms with Crippen LogP contribution in [0.15, 0.2) is 4.52 Å². The van der Waals surface area contributed by atoms with Gasteiger partial charge >= 0.3 is 0 Å². The molecule has 6 heteroatoms. The van der Waals surface area contributed by atoms with Gasteiger partial charge < -0.3 is 10.3 Å². The van der Waals surface area contributed by atoms with Crippen molar-refractivity contribution in [2.45, 2.75) is 56.9 Å². The van der Waals surface area contributed by atoms with Crippen LogP contribution in [0, 0.1) is 0 Å². The minimum atomic E-state index is -2.53. The van der Waals surface area contributed by atoms with E-state index in [4.69, 9.17) is 10.3 Å². The molecule has 1 aromatic rings. The van der Waals surface area contributed by atoms with Gasteiger partial charge in [0.05, 0.1) is 6.04 Å². The summed E-state index contributed by atoms with van der Waals surface area (Å²) >= 11 is 0. The summed E-state index contributed by atoms with van der Waals surface area (Å²) in [6.45, 7) is 1.93. The van der Waals surface area contributed by atoms with Crippen molar-refractivity contribution in [2.75, 3.05) is 0 Å². The van der Waals surface area contributed by atoms with Crippen molar-refractivity contribution in [1.82, 2.24) is 10.1 Å². The third kappa shape index (κ3) is 2.80. The lowest BCUT2D eigenvalue weighted by molar-refractivity contribution is -0.0402. The van der Waals surface area contributed by atoms with E-state index in [1.165, 1.54) is 0 Å². The fraction of sp³-hybridized carbons (Fsp3) is 0.818. The molecular weight excluding hydrogens is 228 g/mol. The van der Waals surface area contributed by atoms with Gasteiger partial charge in [0, 0.05) is 18.8 Å². The van der Waals surface area contributed by atoms with E-state index in [2.05, 4.69) is 10.1 Å². The third-order valence-corrected chi connectivity index (χ3v) is 3.30. The van der Waals surface area contributed by atoms with Gasteiger partial charge in [-0.15, -0.1) is 0 Å². The lowest BCUT2D eigenvalue weighted by atomic mass is 9.87. The van der Waals surface area contributed by atoms with Crippen molar-refractivity contribution in [3.63, 3.8) is 0 Å². The number of alkyl halides is 2. The van der Waals surface area contributed by atoms with E-state index in [9.17, 15) is 8.78 Å². The second kappa shape index (κ2) is 4.68. The Hall–Kier alpha value is -1.04. The molecule has 1 aliphatic rings. The molecule has 0 saturated heterocycles. The first-order chi connectivity index (χ1) is 8.02. The van der Waals surface area contributed by atoms with Crippen LogP contribution in [0.3, 0.4) is 0 Å². The highest BCUT2D eigenvalue weighted by Crippen LogP contribution is 2.40. The van der Waals surface area contributed by atoms with Crippen molar-refractivity contribution < 1.29 is 13.3 Å². The topological polar surface area (TPSA) is 64.9 Å². The number of nitrogens with two attached hydrogens (primary N) is 1. The second-order valence-electron chi connectivity index (χ2n) is 4.64. The molecule has 96 valence electrons. The zero-order valence-corrected chi connectivity index (χ0v) is 9.83. The molecule has 1 aliphatic carbocycles. The van der Waals surface area contributed by atoms with E-state index in [0.717, 1.165) is 6.42 Å². The van der Waals surface area contributed by atoms with Gasteiger partial charge in [0.15, 0.2) is 5.82 Å². The Morgan fingerprint density at radius 1 is 1.47 bits per heavy atom. The van der Waals surface area contributed by atoms with E-state index in [-0.39, 0.29) is 24.8 Å². The minimum Gasteiger partial charge on any atom is -0.339 e. The van der Waals surface area contributed by atoms with Crippen LogP contribution >= 0.6 is 0 Å². The molecule has 4 nitrogen and oxygen atoms in total. The Morgan fingerprint density at radius 3 is 2.71 bits per heavy atom. The number of aromatic nitrogens is 2. The fourth-order valence-electron chi connectivity index (χ4n) is 2.03. The van der Waals surface area contributed by atoms with Crippen LogP contribution in [-0.4, -0.2) is 16.1 Å². The molecule has 0 aliphatic heterocycles. The van der Waals surface area contributed by atoms with E-state index in [1.807, 2.05) is 6.92 Å². The molecule has 1 atom stereocenters. The Bertz CT molecular complexity index is 371. The van der Waals surface area contributed by atoms with Gasteiger partial charge in [-0.3, -0.25) is 0 Å². The van der Waals surface area contributed by atoms with Crippen molar-refractivity contribution in [3.8, 4) is 0 Å². The summed E-state index contributed by atoms with van der Waals surface area (Å²) in [6, 6.07) is -0.238. The number of halogens is 2. The lowest BCUT2D eigenvalue weighted by Gasteiger charge is -2.25. The molecular formula is C11H17F2N3O. The lowest BCUT2D eigenvalue weighted by Crippen LogP contribution is -2.23. The number of rotatable bonds is 3. The molecule has 1 saturated carbocycles. The van der Waals surface area contributed by atoms with E-state index in [0.29, 0.717) is 24.6 Å². The molecule has 1 aromatic heterocycles. The van der Waals surface area contributed by atoms with Gasteiger partial charge in [-0.1, -0.05) is 12.1 Å². The molecule has 2 rings (SSSR count). The maximum absolute atomic E-state index is 13.0. The zero-order valence-electron chi connectivity index (χ0n) is 9.83. The predicted octanol–water partition coefficient (Wildman–Crippen LogP) is 2.77. The first kappa shape index (κ1) is 12.4. The predicted molar refractivity (Wildman–Crippen MR) is 57.7 cm³/mol. The summed E-state index contributed by atoms with van der Waals surface area (Å²) in [5, 5.41) is 3.80. The zero-order chi connectivity index (χ0) is 12.5. The number of hydrogen-bond acceptors (Lipinski definition) is 4. The van der Waals surface area contributed by atoms with Crippen molar-refractivity contribution >= 4 is 0 Å². The molecule has 0 aromatic carbocycles. The highest BCUT2D eigenvalue weighted by molar-refractivity contribution is 4.99. The van der Waals surface area contributed by atoms with Gasteiger partial charge in [-0.2, -0.15) is 4.98 Å². The SMILES string of the molecule is CCC(N)c1noc(C2CCC(F)(F)CC2)n1. The van der Waals surface area contributed by atoms with Crippen molar-refractivity contribution in [2.24, 2.45) is 5.73 Å². The van der Waals surface area contributed by atoms with Crippen LogP contribution in [0.25, 0.3) is 0 Å². The summed E-state index contributed by atoms with van der Waals surface area (Å²) in [4.78, 5) is 4.20. The Morgan fingerprint density at radius 2 is 2.12 bits per heavy atom. The third-order valence-electron chi connectivity index (χ3n) is 3.30. The van der Waals surface area contributed by atoms with Crippen LogP contribution in [0.2, 0.25) is 0 Å². The molecule has 0 bridgehead atoms. The van der Waals surface area contributed by atoms with Gasteiger partial charge in [0.2, 0.25) is 11.8 Å². The standard InChI is InChI=1S/C11H17F2N3O/c1-2-8(14)9-15-10(17-16-9)7-3-5-11(12,13)6-4-7/h7-8H,2-6,14H2,1H3. The summed E-state index contributed by atoms with van der Waals surface area (Å²) in [5.41, 5.74) is 5.78. The average molecular weight is 245 g/mol. The Kier molecular flexibility index (Phi) is 3.42. The fourth-order valence-corrected chi connectivity index (χ4v) is 2.03. The number of hydrogen-bond donors (Lipinski definition) is 1. The quantitative estimate of drug-likeness (QED) is 0.889. The monoisotopic (exact) mass is 245 g/mol. The molecule has 1 fully saturated rings. The normalized spacial score (nSPS) is 22.6. The molecule has 17 heavy (non-hydrogen) atoms. The average Bonchev–Trinajstić information content (AvgIpc) is 2.77. The first-order valence-corrected chi connectivity index (χ1v) is 5.99. The summed E-state index contributed by atoms with van der Waals surface area (Å²) in [5.74, 6) is -1.64. The highest BCUT2D eigenvalue weighted by Gasteiger charge is 2.37. The van der Waals surface area contributed by atoms with Crippen LogP contribution in [-0.2, 0) is 0 Å². The molecule has 0 amide bonds. The minimum absolute atomic E-state index is 0.0417. The molecule has 1 unspecified atom stereocenters. The summed E-state index contributed by atoms with van der Waals surface area (Å²) in [7, 11) is 0. The molecule has 1 heterocycles. The number of nitrogens with zero attached hydrogens (tertiary/aromatic N) is 2. The maximum Gasteiger partial charge on any atom is 0.248 e. The van der Waals surface area contributed by atoms with Gasteiger partial charge in [0.1, 0.15) is 0 Å². The molecule has 0 radical (unpaired) electrons. The van der Waals surface area contributed by atoms with Crippen LogP contribution in [0.5, 0.6) is 0 Å². The van der Waals surface area contributed by atoms with Crippen molar-refractivity contribution in [3.05, 3.63) is 11.7 Å². The van der Waals surface area contributed by atoms with E-state index < -0.39 is 5.92 Å². The molecule has 2 N–H and O–H groups in total. The molecule has 0 spiro atoms. The summed E-state index contributed by atoms with van der Waals surface area (Å²) in [6.07, 6.45) is 1.32.